The molecule has 0 amide bonds. The standard InChI is InChI=1S/C21H27N3S/c1-5-23-16-24(20(2,3)4)15-21(19(23)25,17-11-7-6-8-12-17)18-13-9-10-14-22-18/h6-14H,5,15-16H2,1-4H3. The fourth-order valence-electron chi connectivity index (χ4n) is 3.53. The minimum Gasteiger partial charge on any atom is -0.352 e. The molecule has 0 aliphatic carbocycles. The van der Waals surface area contributed by atoms with Crippen molar-refractivity contribution in [1.29, 1.82) is 0 Å². The van der Waals surface area contributed by atoms with Gasteiger partial charge in [-0.2, -0.15) is 0 Å². The number of likely N-dealkylation sites (N-methyl/N-ethyl adjacent to an activating group) is 1. The zero-order valence-corrected chi connectivity index (χ0v) is 16.4. The van der Waals surface area contributed by atoms with Crippen LogP contribution in [0.25, 0.3) is 0 Å². The van der Waals surface area contributed by atoms with Gasteiger partial charge in [0.25, 0.3) is 0 Å². The fourth-order valence-corrected chi connectivity index (χ4v) is 4.00. The number of rotatable bonds is 3. The molecule has 0 bridgehead atoms. The van der Waals surface area contributed by atoms with Gasteiger partial charge in [0.15, 0.2) is 0 Å². The average molecular weight is 354 g/mol. The predicted octanol–water partition coefficient (Wildman–Crippen LogP) is 4.09. The number of hydrogen-bond acceptors (Lipinski definition) is 3. The molecule has 1 aromatic heterocycles. The number of pyridine rings is 1. The van der Waals surface area contributed by atoms with E-state index >= 15 is 0 Å². The molecule has 3 nitrogen and oxygen atoms in total. The van der Waals surface area contributed by atoms with Crippen LogP contribution in [0.4, 0.5) is 0 Å². The van der Waals surface area contributed by atoms with Gasteiger partial charge in [0.05, 0.1) is 17.4 Å². The third kappa shape index (κ3) is 3.21. The SMILES string of the molecule is CCN1CN(C(C)(C)C)CC(c2ccccc2)(c2ccccn2)C1=S. The van der Waals surface area contributed by atoms with Gasteiger partial charge >= 0.3 is 0 Å². The highest BCUT2D eigenvalue weighted by Crippen LogP contribution is 2.39. The molecule has 1 aliphatic heterocycles. The fraction of sp³-hybridized carbons (Fsp3) is 0.429. The molecule has 3 rings (SSSR count). The van der Waals surface area contributed by atoms with E-state index in [2.05, 4.69) is 80.0 Å². The monoisotopic (exact) mass is 353 g/mol. The van der Waals surface area contributed by atoms with Crippen LogP contribution in [0.2, 0.25) is 0 Å². The highest BCUT2D eigenvalue weighted by atomic mass is 32.1. The third-order valence-corrected chi connectivity index (χ3v) is 5.73. The molecule has 0 saturated carbocycles. The molecule has 1 unspecified atom stereocenters. The van der Waals surface area contributed by atoms with Gasteiger partial charge in [0.2, 0.25) is 0 Å². The molecular formula is C21H27N3S. The summed E-state index contributed by atoms with van der Waals surface area (Å²) in [7, 11) is 0. The smallest absolute Gasteiger partial charge is 0.101 e. The van der Waals surface area contributed by atoms with Crippen LogP contribution >= 0.6 is 12.2 Å². The van der Waals surface area contributed by atoms with Crippen molar-refractivity contribution in [2.24, 2.45) is 0 Å². The van der Waals surface area contributed by atoms with E-state index in [9.17, 15) is 0 Å². The summed E-state index contributed by atoms with van der Waals surface area (Å²) >= 11 is 6.06. The van der Waals surface area contributed by atoms with E-state index in [1.54, 1.807) is 0 Å². The molecule has 0 radical (unpaired) electrons. The van der Waals surface area contributed by atoms with Crippen molar-refractivity contribution in [2.75, 3.05) is 19.8 Å². The second-order valence-corrected chi connectivity index (χ2v) is 8.04. The number of aromatic nitrogens is 1. The van der Waals surface area contributed by atoms with Gasteiger partial charge < -0.3 is 4.90 Å². The number of thiocarbonyl (C=S) groups is 1. The Balaban J connectivity index is 2.23. The van der Waals surface area contributed by atoms with Crippen molar-refractivity contribution in [3.8, 4) is 0 Å². The summed E-state index contributed by atoms with van der Waals surface area (Å²) in [6, 6.07) is 16.7. The van der Waals surface area contributed by atoms with E-state index in [1.165, 1.54) is 5.56 Å². The molecule has 1 aromatic carbocycles. The third-order valence-electron chi connectivity index (χ3n) is 5.12. The van der Waals surface area contributed by atoms with Crippen LogP contribution in [0, 0.1) is 0 Å². The second kappa shape index (κ2) is 6.85. The first-order valence-electron chi connectivity index (χ1n) is 8.91. The molecule has 2 aromatic rings. The van der Waals surface area contributed by atoms with Gasteiger partial charge in [-0.25, -0.2) is 0 Å². The first kappa shape index (κ1) is 18.0. The number of hydrogen-bond donors (Lipinski definition) is 0. The lowest BCUT2D eigenvalue weighted by Gasteiger charge is -2.52. The van der Waals surface area contributed by atoms with Gasteiger partial charge in [0, 0.05) is 24.8 Å². The lowest BCUT2D eigenvalue weighted by Crippen LogP contribution is -2.65. The van der Waals surface area contributed by atoms with E-state index in [4.69, 9.17) is 17.2 Å². The normalized spacial score (nSPS) is 22.2. The molecular weight excluding hydrogens is 326 g/mol. The Morgan fingerprint density at radius 2 is 1.76 bits per heavy atom. The maximum absolute atomic E-state index is 6.06. The van der Waals surface area contributed by atoms with Crippen molar-refractivity contribution in [3.05, 3.63) is 66.0 Å². The highest BCUT2D eigenvalue weighted by Gasteiger charge is 2.48. The molecule has 2 heterocycles. The summed E-state index contributed by atoms with van der Waals surface area (Å²) < 4.78 is 0. The van der Waals surface area contributed by atoms with Gasteiger partial charge in [0.1, 0.15) is 5.41 Å². The summed E-state index contributed by atoms with van der Waals surface area (Å²) in [6.45, 7) is 11.6. The molecule has 1 aliphatic rings. The minimum absolute atomic E-state index is 0.0538. The summed E-state index contributed by atoms with van der Waals surface area (Å²) in [5.41, 5.74) is 1.89. The molecule has 1 saturated heterocycles. The molecule has 132 valence electrons. The van der Waals surface area contributed by atoms with Gasteiger partial charge in [-0.3, -0.25) is 9.88 Å². The van der Waals surface area contributed by atoms with E-state index < -0.39 is 5.41 Å². The van der Waals surface area contributed by atoms with E-state index in [0.717, 1.165) is 30.4 Å². The molecule has 4 heteroatoms. The molecule has 25 heavy (non-hydrogen) atoms. The zero-order chi connectivity index (χ0) is 18.1. The van der Waals surface area contributed by atoms with Crippen LogP contribution in [-0.2, 0) is 5.41 Å². The van der Waals surface area contributed by atoms with Crippen LogP contribution in [0.15, 0.2) is 54.7 Å². The Bertz CT molecular complexity index is 682. The quantitative estimate of drug-likeness (QED) is 0.774. The molecule has 1 fully saturated rings. The zero-order valence-electron chi connectivity index (χ0n) is 15.6. The van der Waals surface area contributed by atoms with Gasteiger partial charge in [-0.15, -0.1) is 0 Å². The van der Waals surface area contributed by atoms with Gasteiger partial charge in [-0.1, -0.05) is 48.6 Å². The summed E-state index contributed by atoms with van der Waals surface area (Å²) in [5.74, 6) is 0. The molecule has 1 atom stereocenters. The second-order valence-electron chi connectivity index (χ2n) is 7.66. The van der Waals surface area contributed by atoms with Crippen LogP contribution in [0.5, 0.6) is 0 Å². The summed E-state index contributed by atoms with van der Waals surface area (Å²) in [5, 5.41) is 0. The van der Waals surface area contributed by atoms with Crippen LogP contribution in [0.1, 0.15) is 39.0 Å². The Labute approximate surface area is 156 Å². The highest BCUT2D eigenvalue weighted by molar-refractivity contribution is 7.80. The van der Waals surface area contributed by atoms with Crippen molar-refractivity contribution < 1.29 is 0 Å². The van der Waals surface area contributed by atoms with Crippen molar-refractivity contribution in [3.63, 3.8) is 0 Å². The maximum atomic E-state index is 6.06. The summed E-state index contributed by atoms with van der Waals surface area (Å²) in [6.07, 6.45) is 1.87. The molecule has 0 spiro atoms. The van der Waals surface area contributed by atoms with Crippen molar-refractivity contribution >= 4 is 17.2 Å². The Morgan fingerprint density at radius 3 is 2.32 bits per heavy atom. The Kier molecular flexibility index (Phi) is 4.94. The number of nitrogens with zero attached hydrogens (tertiary/aromatic N) is 3. The summed E-state index contributed by atoms with van der Waals surface area (Å²) in [4.78, 5) is 10.5. The van der Waals surface area contributed by atoms with Crippen LogP contribution < -0.4 is 0 Å². The topological polar surface area (TPSA) is 19.4 Å². The maximum Gasteiger partial charge on any atom is 0.101 e. The first-order chi connectivity index (χ1) is 11.9. The van der Waals surface area contributed by atoms with Crippen molar-refractivity contribution in [2.45, 2.75) is 38.6 Å². The Hall–Kier alpha value is -1.78. The Morgan fingerprint density at radius 1 is 1.08 bits per heavy atom. The predicted molar refractivity (Wildman–Crippen MR) is 108 cm³/mol. The van der Waals surface area contributed by atoms with E-state index in [-0.39, 0.29) is 5.54 Å². The van der Waals surface area contributed by atoms with Crippen molar-refractivity contribution in [1.82, 2.24) is 14.8 Å². The molecule has 0 N–H and O–H groups in total. The number of benzene rings is 1. The van der Waals surface area contributed by atoms with Crippen LogP contribution in [-0.4, -0.2) is 45.1 Å². The largest absolute Gasteiger partial charge is 0.352 e. The first-order valence-corrected chi connectivity index (χ1v) is 9.32. The average Bonchev–Trinajstić information content (AvgIpc) is 2.62. The lowest BCUT2D eigenvalue weighted by atomic mass is 9.74. The van der Waals surface area contributed by atoms with Crippen LogP contribution in [0.3, 0.4) is 0 Å². The van der Waals surface area contributed by atoms with E-state index in [1.807, 2.05) is 12.3 Å². The minimum atomic E-state index is -0.403. The lowest BCUT2D eigenvalue weighted by molar-refractivity contribution is 0.0544. The van der Waals surface area contributed by atoms with Gasteiger partial charge in [-0.05, 0) is 45.4 Å². The van der Waals surface area contributed by atoms with E-state index in [0.29, 0.717) is 0 Å².